The van der Waals surface area contributed by atoms with Crippen molar-refractivity contribution in [1.29, 1.82) is 0 Å². The Balaban J connectivity index is 1.50. The van der Waals surface area contributed by atoms with E-state index >= 15 is 0 Å². The molecule has 0 unspecified atom stereocenters. The van der Waals surface area contributed by atoms with Gasteiger partial charge < -0.3 is 10.3 Å². The minimum Gasteiger partial charge on any atom is -0.358 e. The molecule has 1 heterocycles. The van der Waals surface area contributed by atoms with E-state index in [1.165, 1.54) is 11.3 Å². The normalized spacial score (nSPS) is 22.8. The summed E-state index contributed by atoms with van der Waals surface area (Å²) in [5.41, 5.74) is 3.43. The Morgan fingerprint density at radius 3 is 2.96 bits per heavy atom. The number of aryl methyl sites for hydroxylation is 1. The lowest BCUT2D eigenvalue weighted by molar-refractivity contribution is -0.122. The Morgan fingerprint density at radius 1 is 1.29 bits per heavy atom. The molecule has 2 aliphatic rings. The van der Waals surface area contributed by atoms with Gasteiger partial charge >= 0.3 is 0 Å². The first-order valence-electron chi connectivity index (χ1n) is 8.54. The Bertz CT molecular complexity index is 824. The van der Waals surface area contributed by atoms with Crippen LogP contribution in [0.25, 0.3) is 10.9 Å². The number of carbonyl (C=O) groups excluding carboxylic acids is 1. The van der Waals surface area contributed by atoms with Gasteiger partial charge in [-0.1, -0.05) is 35.4 Å². The largest absolute Gasteiger partial charge is 0.358 e. The molecule has 1 aromatic carbocycles. The summed E-state index contributed by atoms with van der Waals surface area (Å²) in [6.07, 6.45) is 9.84. The molecule has 126 valence electrons. The number of carbonyl (C=O) groups is 1. The fraction of sp³-hybridized carbons (Fsp3) is 0.421. The third-order valence-electron chi connectivity index (χ3n) is 5.13. The molecular formula is C19H20Cl2N2O. The monoisotopic (exact) mass is 362 g/mol. The van der Waals surface area contributed by atoms with E-state index in [2.05, 4.69) is 22.5 Å². The molecule has 4 rings (SSSR count). The second-order valence-electron chi connectivity index (χ2n) is 6.87. The molecule has 24 heavy (non-hydrogen) atoms. The maximum atomic E-state index is 12.3. The number of halogens is 2. The van der Waals surface area contributed by atoms with Gasteiger partial charge in [0, 0.05) is 34.1 Å². The fourth-order valence-electron chi connectivity index (χ4n) is 3.99. The fourth-order valence-corrected chi connectivity index (χ4v) is 4.59. The molecule has 0 saturated carbocycles. The predicted octanol–water partition coefficient (Wildman–Crippen LogP) is 4.80. The number of hydrogen-bond acceptors (Lipinski definition) is 1. The van der Waals surface area contributed by atoms with Gasteiger partial charge in [-0.2, -0.15) is 0 Å². The van der Waals surface area contributed by atoms with Crippen LogP contribution >= 0.6 is 23.2 Å². The zero-order chi connectivity index (χ0) is 16.7. The lowest BCUT2D eigenvalue weighted by Gasteiger charge is -2.24. The van der Waals surface area contributed by atoms with Crippen LogP contribution in [0.3, 0.4) is 0 Å². The number of amides is 1. The quantitative estimate of drug-likeness (QED) is 0.756. The topological polar surface area (TPSA) is 44.9 Å². The van der Waals surface area contributed by atoms with Crippen molar-refractivity contribution in [3.8, 4) is 0 Å². The number of aromatic amines is 1. The smallest absolute Gasteiger partial charge is 0.220 e. The van der Waals surface area contributed by atoms with Crippen LogP contribution in [0, 0.1) is 5.92 Å². The number of benzene rings is 1. The van der Waals surface area contributed by atoms with Crippen LogP contribution in [0.4, 0.5) is 0 Å². The minimum absolute atomic E-state index is 0.161. The van der Waals surface area contributed by atoms with Crippen LogP contribution in [0.15, 0.2) is 24.3 Å². The highest BCUT2D eigenvalue weighted by Crippen LogP contribution is 2.36. The molecule has 0 saturated heterocycles. The van der Waals surface area contributed by atoms with Gasteiger partial charge in [0.2, 0.25) is 5.91 Å². The van der Waals surface area contributed by atoms with Crippen molar-refractivity contribution >= 4 is 40.0 Å². The van der Waals surface area contributed by atoms with E-state index in [0.717, 1.165) is 43.0 Å². The summed E-state index contributed by atoms with van der Waals surface area (Å²) in [5.74, 6) is 0.572. The molecule has 1 aromatic heterocycles. The van der Waals surface area contributed by atoms with Crippen molar-refractivity contribution < 1.29 is 4.79 Å². The first-order valence-corrected chi connectivity index (χ1v) is 9.30. The van der Waals surface area contributed by atoms with Gasteiger partial charge in [0.05, 0.1) is 5.02 Å². The number of nitrogens with one attached hydrogen (secondary N) is 2. The molecule has 5 heteroatoms. The number of hydrogen-bond donors (Lipinski definition) is 2. The Morgan fingerprint density at radius 2 is 2.17 bits per heavy atom. The SMILES string of the molecule is O=C(C[C@@H]1C=CCC1)N[C@H]1CCc2[nH]c3cc(Cl)cc(Cl)c3c2C1. The van der Waals surface area contributed by atoms with Crippen molar-refractivity contribution in [2.75, 3.05) is 0 Å². The highest BCUT2D eigenvalue weighted by Gasteiger charge is 2.25. The molecule has 3 nitrogen and oxygen atoms in total. The molecule has 2 aliphatic carbocycles. The maximum absolute atomic E-state index is 12.3. The third kappa shape index (κ3) is 3.07. The molecule has 2 N–H and O–H groups in total. The van der Waals surface area contributed by atoms with Gasteiger partial charge in [-0.25, -0.2) is 0 Å². The van der Waals surface area contributed by atoms with Crippen molar-refractivity contribution in [2.24, 2.45) is 5.92 Å². The minimum atomic E-state index is 0.161. The molecular weight excluding hydrogens is 343 g/mol. The molecule has 0 fully saturated rings. The highest BCUT2D eigenvalue weighted by molar-refractivity contribution is 6.38. The van der Waals surface area contributed by atoms with E-state index in [-0.39, 0.29) is 11.9 Å². The van der Waals surface area contributed by atoms with Crippen LogP contribution in [0.1, 0.15) is 36.9 Å². The Labute approximate surface area is 151 Å². The molecule has 2 atom stereocenters. The molecule has 0 bridgehead atoms. The van der Waals surface area contributed by atoms with E-state index in [1.807, 2.05) is 6.07 Å². The first-order chi connectivity index (χ1) is 11.6. The zero-order valence-electron chi connectivity index (χ0n) is 13.4. The zero-order valence-corrected chi connectivity index (χ0v) is 14.9. The summed E-state index contributed by atoms with van der Waals surface area (Å²) in [6.45, 7) is 0. The van der Waals surface area contributed by atoms with E-state index in [4.69, 9.17) is 23.2 Å². The first kappa shape index (κ1) is 16.0. The summed E-state index contributed by atoms with van der Waals surface area (Å²) >= 11 is 12.5. The second kappa shape index (κ2) is 6.45. The van der Waals surface area contributed by atoms with Crippen molar-refractivity contribution in [3.05, 3.63) is 45.6 Å². The molecule has 1 amide bonds. The van der Waals surface area contributed by atoms with E-state index in [9.17, 15) is 4.79 Å². The van der Waals surface area contributed by atoms with Crippen LogP contribution in [0.5, 0.6) is 0 Å². The number of aromatic nitrogens is 1. The van der Waals surface area contributed by atoms with Crippen molar-refractivity contribution in [1.82, 2.24) is 10.3 Å². The highest BCUT2D eigenvalue weighted by atomic mass is 35.5. The standard InChI is InChI=1S/C19H20Cl2N2O/c20-12-8-15(21)19-14-10-13(5-6-16(14)23-17(19)9-12)22-18(24)7-11-3-1-2-4-11/h1,3,8-9,11,13,23H,2,4-7,10H2,(H,22,24)/t11-,13+/m1/s1. The van der Waals surface area contributed by atoms with Gasteiger partial charge in [-0.05, 0) is 55.7 Å². The van der Waals surface area contributed by atoms with Crippen molar-refractivity contribution in [2.45, 2.75) is 44.6 Å². The summed E-state index contributed by atoms with van der Waals surface area (Å²) in [6, 6.07) is 3.89. The predicted molar refractivity (Wildman–Crippen MR) is 98.8 cm³/mol. The number of fused-ring (bicyclic) bond motifs is 3. The maximum Gasteiger partial charge on any atom is 0.220 e. The molecule has 0 aliphatic heterocycles. The van der Waals surface area contributed by atoms with Crippen LogP contribution in [-0.2, 0) is 17.6 Å². The number of H-pyrrole nitrogens is 1. The number of rotatable bonds is 3. The lowest BCUT2D eigenvalue weighted by atomic mass is 9.91. The summed E-state index contributed by atoms with van der Waals surface area (Å²) in [5, 5.41) is 5.58. The summed E-state index contributed by atoms with van der Waals surface area (Å²) < 4.78 is 0. The van der Waals surface area contributed by atoms with Crippen LogP contribution in [0.2, 0.25) is 10.0 Å². The van der Waals surface area contributed by atoms with E-state index in [1.54, 1.807) is 6.07 Å². The third-order valence-corrected chi connectivity index (χ3v) is 5.64. The molecule has 2 aromatic rings. The van der Waals surface area contributed by atoms with Gasteiger partial charge in [0.15, 0.2) is 0 Å². The molecule has 0 radical (unpaired) electrons. The van der Waals surface area contributed by atoms with Crippen LogP contribution in [-0.4, -0.2) is 16.9 Å². The van der Waals surface area contributed by atoms with Gasteiger partial charge in [-0.15, -0.1) is 0 Å². The average Bonchev–Trinajstić information content (AvgIpc) is 3.13. The van der Waals surface area contributed by atoms with Gasteiger partial charge in [-0.3, -0.25) is 4.79 Å². The van der Waals surface area contributed by atoms with Crippen molar-refractivity contribution in [3.63, 3.8) is 0 Å². The van der Waals surface area contributed by atoms with Crippen LogP contribution < -0.4 is 5.32 Å². The Kier molecular flexibility index (Phi) is 4.31. The van der Waals surface area contributed by atoms with Gasteiger partial charge in [0.25, 0.3) is 0 Å². The molecule has 0 spiro atoms. The van der Waals surface area contributed by atoms with E-state index in [0.29, 0.717) is 22.4 Å². The lowest BCUT2D eigenvalue weighted by Crippen LogP contribution is -2.39. The average molecular weight is 363 g/mol. The summed E-state index contributed by atoms with van der Waals surface area (Å²) in [4.78, 5) is 15.7. The Hall–Kier alpha value is -1.45. The second-order valence-corrected chi connectivity index (χ2v) is 7.71. The van der Waals surface area contributed by atoms with Gasteiger partial charge in [0.1, 0.15) is 0 Å². The van der Waals surface area contributed by atoms with E-state index < -0.39 is 0 Å². The number of allylic oxidation sites excluding steroid dienone is 2. The summed E-state index contributed by atoms with van der Waals surface area (Å²) in [7, 11) is 0.